The van der Waals surface area contributed by atoms with Crippen LogP contribution in [0, 0.1) is 17.3 Å². The van der Waals surface area contributed by atoms with Crippen LogP contribution >= 0.6 is 15.9 Å². The van der Waals surface area contributed by atoms with E-state index in [9.17, 15) is 13.2 Å². The van der Waals surface area contributed by atoms with Crippen molar-refractivity contribution in [2.75, 3.05) is 18.2 Å². The van der Waals surface area contributed by atoms with Crippen LogP contribution in [0.4, 0.5) is 5.69 Å². The maximum Gasteiger partial charge on any atom is 0.227 e. The molecule has 4 aliphatic carbocycles. The molecule has 1 aromatic carbocycles. The molecule has 0 aliphatic heterocycles. The van der Waals surface area contributed by atoms with Gasteiger partial charge in [0.25, 0.3) is 0 Å². The lowest BCUT2D eigenvalue weighted by Gasteiger charge is -2.60. The molecule has 1 aromatic rings. The Morgan fingerprint density at radius 3 is 2.23 bits per heavy atom. The zero-order chi connectivity index (χ0) is 18.7. The molecule has 4 fully saturated rings. The van der Waals surface area contributed by atoms with Crippen LogP contribution in [0.5, 0.6) is 0 Å². The van der Waals surface area contributed by atoms with Gasteiger partial charge < -0.3 is 4.90 Å². The van der Waals surface area contributed by atoms with E-state index in [4.69, 9.17) is 0 Å². The lowest BCUT2D eigenvalue weighted by atomic mass is 9.48. The smallest absolute Gasteiger partial charge is 0.227 e. The SMILES string of the molecule is CN(C(=O)CC12CC3CC(CC(Br)(C3)C1)C2)c1ccc(S(C)(=O)=O)cc1. The number of alkyl halides is 1. The third-order valence-electron chi connectivity index (χ3n) is 6.66. The van der Waals surface area contributed by atoms with Gasteiger partial charge in [-0.2, -0.15) is 0 Å². The summed E-state index contributed by atoms with van der Waals surface area (Å²) in [6.45, 7) is 0. The van der Waals surface area contributed by atoms with Gasteiger partial charge in [-0.25, -0.2) is 8.42 Å². The highest BCUT2D eigenvalue weighted by atomic mass is 79.9. The van der Waals surface area contributed by atoms with Crippen molar-refractivity contribution in [3.8, 4) is 0 Å². The molecule has 2 atom stereocenters. The van der Waals surface area contributed by atoms with Crippen molar-refractivity contribution in [2.24, 2.45) is 17.3 Å². The fourth-order valence-electron chi connectivity index (χ4n) is 6.04. The molecular formula is C20H26BrNO3S. The summed E-state index contributed by atoms with van der Waals surface area (Å²) < 4.78 is 23.5. The summed E-state index contributed by atoms with van der Waals surface area (Å²) in [4.78, 5) is 15.0. The minimum atomic E-state index is -3.22. The molecule has 4 aliphatic rings. The van der Waals surface area contributed by atoms with E-state index in [-0.39, 0.29) is 20.5 Å². The van der Waals surface area contributed by atoms with Crippen molar-refractivity contribution in [3.05, 3.63) is 24.3 Å². The molecule has 0 spiro atoms. The largest absolute Gasteiger partial charge is 0.315 e. The van der Waals surface area contributed by atoms with Gasteiger partial charge in [0.15, 0.2) is 9.84 Å². The first-order valence-electron chi connectivity index (χ1n) is 9.33. The number of carbonyl (C=O) groups is 1. The van der Waals surface area contributed by atoms with Crippen molar-refractivity contribution in [1.29, 1.82) is 0 Å². The summed E-state index contributed by atoms with van der Waals surface area (Å²) in [6, 6.07) is 6.60. The van der Waals surface area contributed by atoms with E-state index in [0.29, 0.717) is 6.42 Å². The molecule has 0 N–H and O–H groups in total. The second kappa shape index (κ2) is 6.06. The van der Waals surface area contributed by atoms with E-state index in [2.05, 4.69) is 15.9 Å². The summed E-state index contributed by atoms with van der Waals surface area (Å²) in [6.07, 6.45) is 9.14. The Hall–Kier alpha value is -0.880. The number of hydrogen-bond donors (Lipinski definition) is 0. The number of carbonyl (C=O) groups excluding carboxylic acids is 1. The zero-order valence-electron chi connectivity index (χ0n) is 15.4. The lowest BCUT2D eigenvalue weighted by molar-refractivity contribution is -0.125. The molecule has 6 heteroatoms. The summed E-state index contributed by atoms with van der Waals surface area (Å²) in [7, 11) is -1.42. The van der Waals surface area contributed by atoms with Gasteiger partial charge in [-0.3, -0.25) is 4.79 Å². The molecule has 5 rings (SSSR count). The van der Waals surface area contributed by atoms with Gasteiger partial charge in [-0.15, -0.1) is 0 Å². The molecule has 26 heavy (non-hydrogen) atoms. The molecule has 4 nitrogen and oxygen atoms in total. The second-order valence-corrected chi connectivity index (χ2v) is 12.7. The quantitative estimate of drug-likeness (QED) is 0.661. The van der Waals surface area contributed by atoms with Crippen LogP contribution < -0.4 is 4.90 Å². The highest BCUT2D eigenvalue weighted by molar-refractivity contribution is 9.10. The third kappa shape index (κ3) is 3.35. The first-order chi connectivity index (χ1) is 12.1. The number of anilines is 1. The van der Waals surface area contributed by atoms with Crippen molar-refractivity contribution in [3.63, 3.8) is 0 Å². The van der Waals surface area contributed by atoms with Gasteiger partial charge in [-0.05, 0) is 80.0 Å². The van der Waals surface area contributed by atoms with E-state index >= 15 is 0 Å². The van der Waals surface area contributed by atoms with Gasteiger partial charge >= 0.3 is 0 Å². The van der Waals surface area contributed by atoms with Crippen LogP contribution in [-0.4, -0.2) is 32.0 Å². The molecule has 0 aromatic heterocycles. The van der Waals surface area contributed by atoms with Crippen LogP contribution in [0.1, 0.15) is 44.9 Å². The fourth-order valence-corrected chi connectivity index (χ4v) is 8.18. The number of sulfone groups is 1. The molecule has 142 valence electrons. The Kier molecular flexibility index (Phi) is 4.31. The topological polar surface area (TPSA) is 54.5 Å². The van der Waals surface area contributed by atoms with E-state index in [1.54, 1.807) is 36.2 Å². The van der Waals surface area contributed by atoms with Gasteiger partial charge in [-0.1, -0.05) is 15.9 Å². The molecule has 0 heterocycles. The van der Waals surface area contributed by atoms with E-state index in [1.165, 1.54) is 38.4 Å². The monoisotopic (exact) mass is 439 g/mol. The average Bonchev–Trinajstić information content (AvgIpc) is 2.50. The highest BCUT2D eigenvalue weighted by Crippen LogP contribution is 2.65. The number of nitrogens with zero attached hydrogens (tertiary/aromatic N) is 1. The number of halogens is 1. The van der Waals surface area contributed by atoms with Crippen molar-refractivity contribution < 1.29 is 13.2 Å². The predicted molar refractivity (Wildman–Crippen MR) is 106 cm³/mol. The molecule has 4 saturated carbocycles. The minimum absolute atomic E-state index is 0.134. The third-order valence-corrected chi connectivity index (χ3v) is 8.72. The number of amides is 1. The maximum atomic E-state index is 13.0. The summed E-state index contributed by atoms with van der Waals surface area (Å²) >= 11 is 4.01. The molecule has 0 saturated heterocycles. The predicted octanol–water partition coefficient (Wildman–Crippen LogP) is 4.18. The van der Waals surface area contributed by atoms with Gasteiger partial charge in [0.05, 0.1) is 4.90 Å². The number of hydrogen-bond acceptors (Lipinski definition) is 3. The first-order valence-corrected chi connectivity index (χ1v) is 12.0. The van der Waals surface area contributed by atoms with Gasteiger partial charge in [0.2, 0.25) is 5.91 Å². The Morgan fingerprint density at radius 1 is 1.15 bits per heavy atom. The lowest BCUT2D eigenvalue weighted by Crippen LogP contribution is -2.54. The van der Waals surface area contributed by atoms with Crippen LogP contribution in [0.3, 0.4) is 0 Å². The normalized spacial score (nSPS) is 35.5. The second-order valence-electron chi connectivity index (χ2n) is 9.01. The molecule has 0 radical (unpaired) electrons. The molecule has 4 bridgehead atoms. The highest BCUT2D eigenvalue weighted by Gasteiger charge is 2.57. The Morgan fingerprint density at radius 2 is 1.73 bits per heavy atom. The van der Waals surface area contributed by atoms with E-state index in [0.717, 1.165) is 23.9 Å². The average molecular weight is 440 g/mol. The summed E-state index contributed by atoms with van der Waals surface area (Å²) in [5, 5.41) is 0. The van der Waals surface area contributed by atoms with Gasteiger partial charge in [0.1, 0.15) is 0 Å². The standard InChI is InChI=1S/C20H26BrNO3S/c1-22(16-3-5-17(6-4-16)26(2,24)25)18(23)12-19-8-14-7-15(9-19)11-20(21,10-14)13-19/h3-6,14-15H,7-13H2,1-2H3. The van der Waals surface area contributed by atoms with Crippen molar-refractivity contribution in [1.82, 2.24) is 0 Å². The van der Waals surface area contributed by atoms with Crippen LogP contribution in [-0.2, 0) is 14.6 Å². The first kappa shape index (κ1) is 18.5. The molecule has 1 amide bonds. The minimum Gasteiger partial charge on any atom is -0.315 e. The summed E-state index contributed by atoms with van der Waals surface area (Å²) in [5.41, 5.74) is 0.895. The van der Waals surface area contributed by atoms with E-state index < -0.39 is 9.84 Å². The number of benzene rings is 1. The molecular weight excluding hydrogens is 414 g/mol. The van der Waals surface area contributed by atoms with Crippen molar-refractivity contribution in [2.45, 2.75) is 54.2 Å². The fraction of sp³-hybridized carbons (Fsp3) is 0.650. The van der Waals surface area contributed by atoms with Crippen LogP contribution in [0.2, 0.25) is 0 Å². The maximum absolute atomic E-state index is 13.0. The molecule has 2 unspecified atom stereocenters. The van der Waals surface area contributed by atoms with Gasteiger partial charge in [0, 0.05) is 29.7 Å². The zero-order valence-corrected chi connectivity index (χ0v) is 17.8. The summed E-state index contributed by atoms with van der Waals surface area (Å²) in [5.74, 6) is 1.67. The Balaban J connectivity index is 1.50. The van der Waals surface area contributed by atoms with Crippen LogP contribution in [0.15, 0.2) is 29.2 Å². The Labute approximate surface area is 164 Å². The van der Waals surface area contributed by atoms with Crippen LogP contribution in [0.25, 0.3) is 0 Å². The van der Waals surface area contributed by atoms with E-state index in [1.807, 2.05) is 0 Å². The Bertz CT molecular complexity index is 819. The van der Waals surface area contributed by atoms with Crippen molar-refractivity contribution >= 4 is 37.4 Å². The number of rotatable bonds is 4.